The van der Waals surface area contributed by atoms with E-state index in [1.54, 1.807) is 18.2 Å². The molecule has 3 aromatic rings. The molecule has 26 heavy (non-hydrogen) atoms. The zero-order chi connectivity index (χ0) is 18.5. The molecule has 0 heterocycles. The van der Waals surface area contributed by atoms with Crippen LogP contribution in [0.3, 0.4) is 0 Å². The number of benzene rings is 3. The van der Waals surface area contributed by atoms with Crippen LogP contribution in [0.4, 0.5) is 10.5 Å². The fraction of sp³-hybridized carbons (Fsp3) is 0. The summed E-state index contributed by atoms with van der Waals surface area (Å²) in [5.74, 6) is -0.668. The van der Waals surface area contributed by atoms with Gasteiger partial charge in [0.25, 0.3) is 5.91 Å². The zero-order valence-electron chi connectivity index (χ0n) is 13.5. The van der Waals surface area contributed by atoms with Gasteiger partial charge in [0.1, 0.15) is 0 Å². The molecular weight excluding hydrogens is 371 g/mol. The van der Waals surface area contributed by atoms with Crippen molar-refractivity contribution in [3.63, 3.8) is 0 Å². The van der Waals surface area contributed by atoms with Gasteiger partial charge in [-0.05, 0) is 35.4 Å². The third-order valence-electron chi connectivity index (χ3n) is 3.67. The monoisotopic (exact) mass is 384 g/mol. The average Bonchev–Trinajstić information content (AvgIpc) is 2.63. The van der Waals surface area contributed by atoms with Crippen LogP contribution in [-0.2, 0) is 0 Å². The minimum atomic E-state index is -0.668. The molecule has 0 aliphatic heterocycles. The fourth-order valence-electron chi connectivity index (χ4n) is 2.42. The molecule has 3 rings (SSSR count). The Hall–Kier alpha value is -2.82. The Morgan fingerprint density at radius 1 is 0.692 bits per heavy atom. The molecule has 0 bridgehead atoms. The zero-order valence-corrected chi connectivity index (χ0v) is 15.0. The standard InChI is InChI=1S/C20H14Cl2N2O2/c21-16-7-4-8-17(22)18(16)19(25)24-20(26)23-15-11-9-14(10-12-15)13-5-2-1-3-6-13/h1-12H,(H2,23,24,25,26). The van der Waals surface area contributed by atoms with Crippen molar-refractivity contribution in [3.8, 4) is 11.1 Å². The maximum absolute atomic E-state index is 12.2. The average molecular weight is 385 g/mol. The first kappa shape index (κ1) is 18.0. The molecule has 0 aliphatic rings. The summed E-state index contributed by atoms with van der Waals surface area (Å²) in [6.45, 7) is 0. The molecular formula is C20H14Cl2N2O2. The van der Waals surface area contributed by atoms with Gasteiger partial charge in [-0.25, -0.2) is 4.79 Å². The highest BCUT2D eigenvalue weighted by atomic mass is 35.5. The lowest BCUT2D eigenvalue weighted by Crippen LogP contribution is -2.34. The van der Waals surface area contributed by atoms with Crippen molar-refractivity contribution in [1.29, 1.82) is 0 Å². The maximum atomic E-state index is 12.2. The van der Waals surface area contributed by atoms with Crippen LogP contribution in [0.2, 0.25) is 10.0 Å². The first-order chi connectivity index (χ1) is 12.5. The number of imide groups is 1. The number of amides is 3. The number of rotatable bonds is 3. The number of carbonyl (C=O) groups is 2. The third-order valence-corrected chi connectivity index (χ3v) is 4.30. The number of hydrogen-bond donors (Lipinski definition) is 2. The summed E-state index contributed by atoms with van der Waals surface area (Å²) in [7, 11) is 0. The number of anilines is 1. The number of hydrogen-bond acceptors (Lipinski definition) is 2. The smallest absolute Gasteiger partial charge is 0.308 e. The van der Waals surface area contributed by atoms with E-state index in [1.807, 2.05) is 42.5 Å². The van der Waals surface area contributed by atoms with Crippen LogP contribution in [-0.4, -0.2) is 11.9 Å². The molecule has 0 radical (unpaired) electrons. The summed E-state index contributed by atoms with van der Waals surface area (Å²) in [6, 6.07) is 21.2. The van der Waals surface area contributed by atoms with Crippen LogP contribution in [0.15, 0.2) is 72.8 Å². The first-order valence-corrected chi connectivity index (χ1v) is 8.52. The summed E-state index contributed by atoms with van der Waals surface area (Å²) in [6.07, 6.45) is 0. The molecule has 0 fully saturated rings. The van der Waals surface area contributed by atoms with Gasteiger partial charge < -0.3 is 5.32 Å². The largest absolute Gasteiger partial charge is 0.326 e. The Bertz CT molecular complexity index is 922. The van der Waals surface area contributed by atoms with Crippen molar-refractivity contribution in [2.24, 2.45) is 0 Å². The first-order valence-electron chi connectivity index (χ1n) is 7.76. The minimum absolute atomic E-state index is 0.0606. The van der Waals surface area contributed by atoms with E-state index in [-0.39, 0.29) is 15.6 Å². The SMILES string of the molecule is O=C(NC(=O)c1c(Cl)cccc1Cl)Nc1ccc(-c2ccccc2)cc1. The second-order valence-electron chi connectivity index (χ2n) is 5.45. The predicted molar refractivity (Wildman–Crippen MR) is 105 cm³/mol. The van der Waals surface area contributed by atoms with Crippen molar-refractivity contribution in [1.82, 2.24) is 5.32 Å². The van der Waals surface area contributed by atoms with Gasteiger partial charge in [-0.1, -0.05) is 71.7 Å². The van der Waals surface area contributed by atoms with E-state index in [4.69, 9.17) is 23.2 Å². The Morgan fingerprint density at radius 3 is 1.88 bits per heavy atom. The Morgan fingerprint density at radius 2 is 1.27 bits per heavy atom. The van der Waals surface area contributed by atoms with Crippen LogP contribution in [0.1, 0.15) is 10.4 Å². The molecule has 0 saturated heterocycles. The van der Waals surface area contributed by atoms with E-state index in [1.165, 1.54) is 12.1 Å². The van der Waals surface area contributed by atoms with Crippen molar-refractivity contribution in [3.05, 3.63) is 88.4 Å². The van der Waals surface area contributed by atoms with Gasteiger partial charge in [-0.2, -0.15) is 0 Å². The van der Waals surface area contributed by atoms with Gasteiger partial charge in [0.05, 0.1) is 15.6 Å². The van der Waals surface area contributed by atoms with Crippen molar-refractivity contribution < 1.29 is 9.59 Å². The number of urea groups is 1. The third kappa shape index (κ3) is 4.23. The van der Waals surface area contributed by atoms with Crippen molar-refractivity contribution in [2.45, 2.75) is 0 Å². The maximum Gasteiger partial charge on any atom is 0.326 e. The van der Waals surface area contributed by atoms with Crippen LogP contribution in [0, 0.1) is 0 Å². The van der Waals surface area contributed by atoms with E-state index >= 15 is 0 Å². The van der Waals surface area contributed by atoms with E-state index in [0.29, 0.717) is 5.69 Å². The van der Waals surface area contributed by atoms with Crippen LogP contribution in [0.5, 0.6) is 0 Å². The highest BCUT2D eigenvalue weighted by molar-refractivity contribution is 6.40. The molecule has 0 atom stereocenters. The number of carbonyl (C=O) groups excluding carboxylic acids is 2. The molecule has 0 spiro atoms. The van der Waals surface area contributed by atoms with Crippen LogP contribution < -0.4 is 10.6 Å². The Labute approximate surface area is 160 Å². The lowest BCUT2D eigenvalue weighted by atomic mass is 10.1. The predicted octanol–water partition coefficient (Wildman–Crippen LogP) is 5.62. The molecule has 3 amide bonds. The molecule has 0 aromatic heterocycles. The minimum Gasteiger partial charge on any atom is -0.308 e. The fourth-order valence-corrected chi connectivity index (χ4v) is 2.99. The second kappa shape index (κ2) is 8.04. The lowest BCUT2D eigenvalue weighted by molar-refractivity contribution is 0.0967. The molecule has 0 saturated carbocycles. The highest BCUT2D eigenvalue weighted by Crippen LogP contribution is 2.24. The van der Waals surface area contributed by atoms with Gasteiger partial charge >= 0.3 is 6.03 Å². The summed E-state index contributed by atoms with van der Waals surface area (Å²) in [4.78, 5) is 24.2. The molecule has 2 N–H and O–H groups in total. The number of nitrogens with one attached hydrogen (secondary N) is 2. The van der Waals surface area contributed by atoms with Crippen LogP contribution >= 0.6 is 23.2 Å². The van der Waals surface area contributed by atoms with E-state index in [0.717, 1.165) is 11.1 Å². The quantitative estimate of drug-likeness (QED) is 0.615. The summed E-state index contributed by atoms with van der Waals surface area (Å²) in [5.41, 5.74) is 2.72. The normalized spacial score (nSPS) is 10.2. The molecule has 0 aliphatic carbocycles. The highest BCUT2D eigenvalue weighted by Gasteiger charge is 2.17. The van der Waals surface area contributed by atoms with Gasteiger partial charge in [0.2, 0.25) is 0 Å². The Balaban J connectivity index is 1.66. The second-order valence-corrected chi connectivity index (χ2v) is 6.26. The summed E-state index contributed by atoms with van der Waals surface area (Å²) >= 11 is 11.9. The van der Waals surface area contributed by atoms with Crippen LogP contribution in [0.25, 0.3) is 11.1 Å². The van der Waals surface area contributed by atoms with E-state index in [2.05, 4.69) is 10.6 Å². The van der Waals surface area contributed by atoms with Gasteiger partial charge in [0, 0.05) is 5.69 Å². The van der Waals surface area contributed by atoms with Gasteiger partial charge in [-0.3, -0.25) is 10.1 Å². The molecule has 3 aromatic carbocycles. The van der Waals surface area contributed by atoms with Crippen molar-refractivity contribution >= 4 is 40.8 Å². The number of halogens is 2. The van der Waals surface area contributed by atoms with Crippen molar-refractivity contribution in [2.75, 3.05) is 5.32 Å². The van der Waals surface area contributed by atoms with E-state index in [9.17, 15) is 9.59 Å². The molecule has 0 unspecified atom stereocenters. The van der Waals surface area contributed by atoms with Gasteiger partial charge in [-0.15, -0.1) is 0 Å². The lowest BCUT2D eigenvalue weighted by Gasteiger charge is -2.09. The summed E-state index contributed by atoms with van der Waals surface area (Å²) in [5, 5.41) is 5.17. The molecule has 130 valence electrons. The van der Waals surface area contributed by atoms with Gasteiger partial charge in [0.15, 0.2) is 0 Å². The summed E-state index contributed by atoms with van der Waals surface area (Å²) < 4.78 is 0. The molecule has 6 heteroatoms. The molecule has 4 nitrogen and oxygen atoms in total. The van der Waals surface area contributed by atoms with E-state index < -0.39 is 11.9 Å². The topological polar surface area (TPSA) is 58.2 Å². The Kier molecular flexibility index (Phi) is 5.56.